The number of hydrogen-bond acceptors (Lipinski definition) is 5. The van der Waals surface area contributed by atoms with Crippen LogP contribution in [0.1, 0.15) is 36.6 Å². The Bertz CT molecular complexity index is 1310. The van der Waals surface area contributed by atoms with E-state index in [-0.39, 0.29) is 32.6 Å². The minimum absolute atomic E-state index is 0. The monoisotopic (exact) mass is 627 g/mol. The molecule has 4 aromatic rings. The number of halogens is 3. The van der Waals surface area contributed by atoms with Crippen LogP contribution in [-0.4, -0.2) is 24.7 Å². The average Bonchev–Trinajstić information content (AvgIpc) is 3.30. The van der Waals surface area contributed by atoms with Crippen LogP contribution in [0.25, 0.3) is 17.1 Å². The van der Waals surface area contributed by atoms with E-state index in [9.17, 15) is 13.2 Å². The van der Waals surface area contributed by atoms with Gasteiger partial charge in [-0.15, -0.1) is 23.8 Å². The summed E-state index contributed by atoms with van der Waals surface area (Å²) >= 11 is 0. The van der Waals surface area contributed by atoms with Gasteiger partial charge in [0.25, 0.3) is 0 Å². The van der Waals surface area contributed by atoms with E-state index in [1.807, 2.05) is 32.0 Å². The van der Waals surface area contributed by atoms with Crippen LogP contribution in [0.5, 0.6) is 0 Å². The second-order valence-corrected chi connectivity index (χ2v) is 7.44. The Morgan fingerprint density at radius 1 is 0.970 bits per heavy atom. The fraction of sp³-hybridized carbons (Fsp3) is 0.174. The van der Waals surface area contributed by atoms with E-state index in [0.29, 0.717) is 22.6 Å². The van der Waals surface area contributed by atoms with Crippen LogP contribution < -0.4 is 0 Å². The first kappa shape index (κ1) is 24.3. The van der Waals surface area contributed by atoms with Gasteiger partial charge < -0.3 is 14.6 Å². The molecule has 0 unspecified atom stereocenters. The van der Waals surface area contributed by atoms with E-state index in [2.05, 4.69) is 27.3 Å². The number of hydrogen-bond donors (Lipinski definition) is 0. The van der Waals surface area contributed by atoms with Crippen molar-refractivity contribution in [1.82, 2.24) is 24.7 Å². The molecule has 0 saturated carbocycles. The number of pyridine rings is 3. The largest absolute Gasteiger partial charge is 2.00 e. The van der Waals surface area contributed by atoms with E-state index < -0.39 is 17.3 Å². The van der Waals surface area contributed by atoms with Crippen LogP contribution in [0.15, 0.2) is 54.7 Å². The molecule has 0 aliphatic heterocycles. The second-order valence-electron chi connectivity index (χ2n) is 7.44. The van der Waals surface area contributed by atoms with Crippen molar-refractivity contribution in [2.75, 3.05) is 0 Å². The van der Waals surface area contributed by atoms with Crippen molar-refractivity contribution in [2.24, 2.45) is 0 Å². The molecule has 0 bridgehead atoms. The maximum atomic E-state index is 12.9. The molecular formula is C23H15F3N6Pt. The van der Waals surface area contributed by atoms with Gasteiger partial charge in [-0.3, -0.25) is 10.1 Å². The minimum atomic E-state index is -4.56. The molecule has 168 valence electrons. The molecule has 4 rings (SSSR count). The van der Waals surface area contributed by atoms with Gasteiger partial charge in [0.05, 0.1) is 23.3 Å². The van der Waals surface area contributed by atoms with Crippen molar-refractivity contribution in [3.8, 4) is 23.1 Å². The second kappa shape index (κ2) is 9.24. The number of nitrogens with zero attached hydrogens (tertiary/aromatic N) is 6. The van der Waals surface area contributed by atoms with Gasteiger partial charge in [-0.25, -0.2) is 5.26 Å². The van der Waals surface area contributed by atoms with Crippen molar-refractivity contribution >= 4 is 0 Å². The molecule has 0 saturated heterocycles. The zero-order valence-electron chi connectivity index (χ0n) is 17.3. The predicted molar refractivity (Wildman–Crippen MR) is 108 cm³/mol. The summed E-state index contributed by atoms with van der Waals surface area (Å²) in [5.74, 6) is 0.215. The van der Waals surface area contributed by atoms with Gasteiger partial charge in [0, 0.05) is 16.8 Å². The summed E-state index contributed by atoms with van der Waals surface area (Å²) < 4.78 is 39.6. The molecule has 0 N–H and O–H groups in total. The van der Waals surface area contributed by atoms with Crippen molar-refractivity contribution in [3.05, 3.63) is 89.8 Å². The SMILES string of the molecule is CC(C)(c1cccc(-c2[c-]cc(C#N)nc2)n1)c1cccc(-n2[c-]cc(C(F)(F)F)n2)n1.[Pt+2]. The number of aromatic nitrogens is 5. The van der Waals surface area contributed by atoms with Crippen LogP contribution in [0.2, 0.25) is 0 Å². The van der Waals surface area contributed by atoms with E-state index in [1.54, 1.807) is 24.3 Å². The summed E-state index contributed by atoms with van der Waals surface area (Å²) in [4.78, 5) is 13.3. The van der Waals surface area contributed by atoms with Crippen LogP contribution in [0.4, 0.5) is 13.2 Å². The number of alkyl halides is 3. The number of nitriles is 1. The van der Waals surface area contributed by atoms with Gasteiger partial charge in [-0.1, -0.05) is 36.7 Å². The van der Waals surface area contributed by atoms with Crippen molar-refractivity contribution in [1.29, 1.82) is 5.26 Å². The molecule has 10 heteroatoms. The molecular weight excluding hydrogens is 612 g/mol. The Labute approximate surface area is 202 Å². The van der Waals surface area contributed by atoms with Crippen LogP contribution in [0, 0.1) is 23.6 Å². The number of rotatable bonds is 4. The quantitative estimate of drug-likeness (QED) is 0.311. The summed E-state index contributed by atoms with van der Waals surface area (Å²) in [5, 5.41) is 12.4. The Hall–Kier alpha value is -3.37. The molecule has 0 amide bonds. The Balaban J connectivity index is 0.00000306. The van der Waals surface area contributed by atoms with Crippen molar-refractivity contribution in [3.63, 3.8) is 0 Å². The fourth-order valence-corrected chi connectivity index (χ4v) is 3.05. The molecule has 0 atom stereocenters. The first-order valence-electron chi connectivity index (χ1n) is 9.47. The third kappa shape index (κ3) is 5.01. The van der Waals surface area contributed by atoms with Crippen molar-refractivity contribution in [2.45, 2.75) is 25.4 Å². The molecule has 33 heavy (non-hydrogen) atoms. The summed E-state index contributed by atoms with van der Waals surface area (Å²) in [5.41, 5.74) is 1.09. The third-order valence-electron chi connectivity index (χ3n) is 4.89. The minimum Gasteiger partial charge on any atom is -0.343 e. The van der Waals surface area contributed by atoms with Crippen LogP contribution in [0.3, 0.4) is 0 Å². The van der Waals surface area contributed by atoms with E-state index >= 15 is 0 Å². The summed E-state index contributed by atoms with van der Waals surface area (Å²) in [6, 6.07) is 17.8. The standard InChI is InChI=1S/C23H15F3N6.Pt/c1-22(2,18-6-3-5-17(29-18)15-9-10-16(13-27)28-14-15)19-7-4-8-21(30-19)32-12-11-20(31-32)23(24,25)26;/h3-8,10-11,14H,1-2H3;/q-2;+2. The Morgan fingerprint density at radius 2 is 1.67 bits per heavy atom. The van der Waals surface area contributed by atoms with Crippen LogP contribution in [-0.2, 0) is 32.7 Å². The molecule has 0 radical (unpaired) electrons. The topological polar surface area (TPSA) is 80.3 Å². The van der Waals surface area contributed by atoms with Gasteiger partial charge in [0.1, 0.15) is 0 Å². The maximum Gasteiger partial charge on any atom is 2.00 e. The zero-order chi connectivity index (χ0) is 22.9. The summed E-state index contributed by atoms with van der Waals surface area (Å²) in [7, 11) is 0. The van der Waals surface area contributed by atoms with Gasteiger partial charge in [0.15, 0.2) is 0 Å². The summed E-state index contributed by atoms with van der Waals surface area (Å²) in [6.45, 7) is 3.83. The first-order valence-corrected chi connectivity index (χ1v) is 9.47. The van der Waals surface area contributed by atoms with E-state index in [1.165, 1.54) is 12.3 Å². The van der Waals surface area contributed by atoms with Crippen LogP contribution >= 0.6 is 0 Å². The molecule has 0 aromatic carbocycles. The molecule has 4 aromatic heterocycles. The smallest absolute Gasteiger partial charge is 0.343 e. The molecule has 0 spiro atoms. The van der Waals surface area contributed by atoms with Gasteiger partial charge in [0.2, 0.25) is 0 Å². The summed E-state index contributed by atoms with van der Waals surface area (Å²) in [6.07, 6.45) is -0.565. The van der Waals surface area contributed by atoms with Crippen molar-refractivity contribution < 1.29 is 34.2 Å². The maximum absolute atomic E-state index is 12.9. The molecule has 6 nitrogen and oxygen atoms in total. The van der Waals surface area contributed by atoms with E-state index in [0.717, 1.165) is 10.7 Å². The van der Waals surface area contributed by atoms with Gasteiger partial charge in [-0.2, -0.15) is 13.2 Å². The first-order chi connectivity index (χ1) is 15.2. The van der Waals surface area contributed by atoms with Gasteiger partial charge in [-0.05, 0) is 31.7 Å². The van der Waals surface area contributed by atoms with Gasteiger partial charge >= 0.3 is 27.2 Å². The van der Waals surface area contributed by atoms with E-state index in [4.69, 9.17) is 10.2 Å². The Morgan fingerprint density at radius 3 is 2.27 bits per heavy atom. The molecule has 0 fully saturated rings. The molecule has 0 aliphatic carbocycles. The third-order valence-corrected chi connectivity index (χ3v) is 4.89. The fourth-order valence-electron chi connectivity index (χ4n) is 3.05. The average molecular weight is 627 g/mol. The predicted octanol–water partition coefficient (Wildman–Crippen LogP) is 4.54. The molecule has 4 heterocycles. The molecule has 0 aliphatic rings. The normalized spacial score (nSPS) is 11.5. The zero-order valence-corrected chi connectivity index (χ0v) is 19.6. The Kier molecular flexibility index (Phi) is 6.80.